The van der Waals surface area contributed by atoms with Crippen molar-refractivity contribution in [3.05, 3.63) is 65.7 Å². The van der Waals surface area contributed by atoms with Gasteiger partial charge in [-0.25, -0.2) is 0 Å². The Kier molecular flexibility index (Phi) is 5.18. The number of benzene rings is 2. The number of likely N-dealkylation sites (tertiary alicyclic amines) is 1. The van der Waals surface area contributed by atoms with Gasteiger partial charge in [0.15, 0.2) is 0 Å². The zero-order valence-corrected chi connectivity index (χ0v) is 15.0. The molecule has 4 rings (SSSR count). The molecular weight excluding hydrogens is 328 g/mol. The van der Waals surface area contributed by atoms with E-state index >= 15 is 0 Å². The Hall–Kier alpha value is -2.37. The van der Waals surface area contributed by atoms with Crippen LogP contribution in [0.1, 0.15) is 11.1 Å². The average molecular weight is 352 g/mol. The zero-order valence-electron chi connectivity index (χ0n) is 15.0. The largest absolute Gasteiger partial charge is 0.491 e. The fourth-order valence-corrected chi connectivity index (χ4v) is 3.61. The van der Waals surface area contributed by atoms with Gasteiger partial charge in [-0.1, -0.05) is 47.6 Å². The van der Waals surface area contributed by atoms with E-state index in [0.717, 1.165) is 31.1 Å². The van der Waals surface area contributed by atoms with Crippen LogP contribution in [0.3, 0.4) is 0 Å². The smallest absolute Gasteiger partial charge is 0.149 e. The first-order valence-corrected chi connectivity index (χ1v) is 9.05. The van der Waals surface area contributed by atoms with Crippen LogP contribution < -0.4 is 4.74 Å². The summed E-state index contributed by atoms with van der Waals surface area (Å²) in [6.07, 6.45) is 0.168. The Labute approximate surface area is 154 Å². The molecule has 2 aliphatic heterocycles. The molecule has 1 fully saturated rings. The van der Waals surface area contributed by atoms with Crippen molar-refractivity contribution < 1.29 is 14.3 Å². The highest BCUT2D eigenvalue weighted by atomic mass is 16.6. The number of methoxy groups -OCH3 is 1. The van der Waals surface area contributed by atoms with E-state index in [-0.39, 0.29) is 6.10 Å². The van der Waals surface area contributed by atoms with Crippen LogP contribution in [0.2, 0.25) is 0 Å². The Morgan fingerprint density at radius 3 is 2.62 bits per heavy atom. The minimum atomic E-state index is 0.168. The summed E-state index contributed by atoms with van der Waals surface area (Å²) >= 11 is 0. The summed E-state index contributed by atoms with van der Waals surface area (Å²) in [6, 6.07) is 18.6. The van der Waals surface area contributed by atoms with Crippen LogP contribution in [0.5, 0.6) is 5.75 Å². The molecule has 136 valence electrons. The lowest BCUT2D eigenvalue weighted by molar-refractivity contribution is 0.0745. The van der Waals surface area contributed by atoms with E-state index < -0.39 is 0 Å². The van der Waals surface area contributed by atoms with Crippen molar-refractivity contribution in [2.24, 2.45) is 11.1 Å². The first-order valence-electron chi connectivity index (χ1n) is 9.05. The summed E-state index contributed by atoms with van der Waals surface area (Å²) < 4.78 is 10.6. The first-order chi connectivity index (χ1) is 12.8. The first kappa shape index (κ1) is 17.1. The van der Waals surface area contributed by atoms with Gasteiger partial charge in [-0.2, -0.15) is 0 Å². The van der Waals surface area contributed by atoms with E-state index in [0.29, 0.717) is 19.1 Å². The van der Waals surface area contributed by atoms with Gasteiger partial charge in [0.1, 0.15) is 18.5 Å². The molecule has 2 aromatic rings. The predicted molar refractivity (Wildman–Crippen MR) is 100 cm³/mol. The number of hydrogen-bond donors (Lipinski definition) is 0. The molecule has 0 bridgehead atoms. The molecule has 0 N–H and O–H groups in total. The number of rotatable bonds is 7. The summed E-state index contributed by atoms with van der Waals surface area (Å²) in [5, 5.41) is 4.34. The van der Waals surface area contributed by atoms with Crippen LogP contribution in [-0.2, 0) is 16.1 Å². The lowest BCUT2D eigenvalue weighted by Crippen LogP contribution is -2.23. The molecule has 0 spiro atoms. The number of oxime groups is 1. The maximum Gasteiger partial charge on any atom is 0.149 e. The van der Waals surface area contributed by atoms with Gasteiger partial charge in [0.2, 0.25) is 0 Å². The second kappa shape index (κ2) is 7.89. The molecule has 0 amide bonds. The monoisotopic (exact) mass is 352 g/mol. The Bertz CT molecular complexity index is 746. The fraction of sp³-hybridized carbons (Fsp3) is 0.381. The number of hydrogen-bond acceptors (Lipinski definition) is 5. The highest BCUT2D eigenvalue weighted by Crippen LogP contribution is 2.31. The molecule has 2 aliphatic rings. The van der Waals surface area contributed by atoms with Crippen LogP contribution in [0.25, 0.3) is 0 Å². The van der Waals surface area contributed by atoms with Crippen molar-refractivity contribution in [1.82, 2.24) is 4.90 Å². The molecule has 0 aromatic heterocycles. The topological polar surface area (TPSA) is 43.3 Å². The molecule has 0 radical (unpaired) electrons. The maximum atomic E-state index is 5.70. The second-order valence-electron chi connectivity index (χ2n) is 6.77. The molecule has 2 atom stereocenters. The van der Waals surface area contributed by atoms with E-state index in [9.17, 15) is 0 Å². The van der Waals surface area contributed by atoms with Gasteiger partial charge in [0, 0.05) is 26.7 Å². The van der Waals surface area contributed by atoms with Crippen molar-refractivity contribution in [2.45, 2.75) is 12.6 Å². The van der Waals surface area contributed by atoms with Crippen molar-refractivity contribution >= 4 is 5.71 Å². The van der Waals surface area contributed by atoms with Crippen molar-refractivity contribution in [3.63, 3.8) is 0 Å². The van der Waals surface area contributed by atoms with Crippen LogP contribution in [0, 0.1) is 5.92 Å². The molecule has 0 aliphatic carbocycles. The van der Waals surface area contributed by atoms with E-state index in [1.54, 1.807) is 7.11 Å². The second-order valence-corrected chi connectivity index (χ2v) is 6.77. The molecule has 26 heavy (non-hydrogen) atoms. The molecule has 5 heteroatoms. The summed E-state index contributed by atoms with van der Waals surface area (Å²) in [5.41, 5.74) is 3.53. The number of nitrogens with zero attached hydrogens (tertiary/aromatic N) is 2. The van der Waals surface area contributed by atoms with Crippen LogP contribution >= 0.6 is 0 Å². The Morgan fingerprint density at radius 1 is 1.04 bits per heavy atom. The standard InChI is InChI=1S/C21H24N2O3/c1-24-11-12-25-18-9-7-16(8-10-18)13-23-14-19-20(15-23)26-22-21(19)17-5-3-2-4-6-17/h2-10,19-20H,11-15H2,1H3/t19-,20-/m1/s1. The predicted octanol–water partition coefficient (Wildman–Crippen LogP) is 2.95. The molecule has 2 aromatic carbocycles. The SMILES string of the molecule is COCCOc1ccc(CN2C[C@H]3ON=C(c4ccccc4)[C@@H]3C2)cc1. The Balaban J connectivity index is 1.34. The van der Waals surface area contributed by atoms with Gasteiger partial charge in [0.25, 0.3) is 0 Å². The molecular formula is C21H24N2O3. The van der Waals surface area contributed by atoms with E-state index in [1.807, 2.05) is 30.3 Å². The van der Waals surface area contributed by atoms with Gasteiger partial charge in [0.05, 0.1) is 18.2 Å². The van der Waals surface area contributed by atoms with E-state index in [4.69, 9.17) is 14.3 Å². The lowest BCUT2D eigenvalue weighted by atomic mass is 9.95. The quantitative estimate of drug-likeness (QED) is 0.719. The van der Waals surface area contributed by atoms with Gasteiger partial charge in [-0.05, 0) is 23.3 Å². The Morgan fingerprint density at radius 2 is 1.85 bits per heavy atom. The summed E-state index contributed by atoms with van der Waals surface area (Å²) in [4.78, 5) is 8.14. The molecule has 0 unspecified atom stereocenters. The summed E-state index contributed by atoms with van der Waals surface area (Å²) in [7, 11) is 1.68. The number of fused-ring (bicyclic) bond motifs is 1. The third-order valence-corrected chi connectivity index (χ3v) is 4.93. The highest BCUT2D eigenvalue weighted by Gasteiger charge is 2.42. The summed E-state index contributed by atoms with van der Waals surface area (Å²) in [5.74, 6) is 1.24. The zero-order chi connectivity index (χ0) is 17.8. The van der Waals surface area contributed by atoms with Gasteiger partial charge in [-0.3, -0.25) is 4.90 Å². The van der Waals surface area contributed by atoms with Crippen LogP contribution in [0.4, 0.5) is 0 Å². The van der Waals surface area contributed by atoms with Gasteiger partial charge in [-0.15, -0.1) is 0 Å². The third-order valence-electron chi connectivity index (χ3n) is 4.93. The highest BCUT2D eigenvalue weighted by molar-refractivity contribution is 6.03. The van der Waals surface area contributed by atoms with E-state index in [1.165, 1.54) is 11.1 Å². The molecule has 2 heterocycles. The normalized spacial score (nSPS) is 22.0. The minimum absolute atomic E-state index is 0.168. The van der Waals surface area contributed by atoms with Crippen molar-refractivity contribution in [3.8, 4) is 5.75 Å². The third kappa shape index (κ3) is 3.74. The van der Waals surface area contributed by atoms with Gasteiger partial charge < -0.3 is 14.3 Å². The maximum absolute atomic E-state index is 5.70. The number of ether oxygens (including phenoxy) is 2. The lowest BCUT2D eigenvalue weighted by Gasteiger charge is -2.16. The van der Waals surface area contributed by atoms with Crippen molar-refractivity contribution in [1.29, 1.82) is 0 Å². The molecule has 0 saturated carbocycles. The van der Waals surface area contributed by atoms with Crippen LogP contribution in [-0.4, -0.2) is 50.1 Å². The van der Waals surface area contributed by atoms with E-state index in [2.05, 4.69) is 34.3 Å². The average Bonchev–Trinajstić information content (AvgIpc) is 3.24. The molecule has 5 nitrogen and oxygen atoms in total. The van der Waals surface area contributed by atoms with Gasteiger partial charge >= 0.3 is 0 Å². The fourth-order valence-electron chi connectivity index (χ4n) is 3.61. The van der Waals surface area contributed by atoms with Crippen molar-refractivity contribution in [2.75, 3.05) is 33.4 Å². The minimum Gasteiger partial charge on any atom is -0.491 e. The molecule has 1 saturated heterocycles. The van der Waals surface area contributed by atoms with Crippen LogP contribution in [0.15, 0.2) is 59.8 Å². The summed E-state index contributed by atoms with van der Waals surface area (Å²) in [6.45, 7) is 3.98.